The molecule has 3 aliphatic rings. The lowest BCUT2D eigenvalue weighted by molar-refractivity contribution is -0.140. The summed E-state index contributed by atoms with van der Waals surface area (Å²) < 4.78 is 45.4. The Hall–Kier alpha value is -6.56. The zero-order valence-electron chi connectivity index (χ0n) is 31.7. The molecule has 3 aliphatic carbocycles. The van der Waals surface area contributed by atoms with Crippen molar-refractivity contribution in [2.24, 2.45) is 5.92 Å². The van der Waals surface area contributed by atoms with E-state index in [1.165, 1.54) is 0 Å². The van der Waals surface area contributed by atoms with Gasteiger partial charge in [-0.1, -0.05) is 80.4 Å². The monoisotopic (exact) mass is 778 g/mol. The predicted molar refractivity (Wildman–Crippen MR) is 210 cm³/mol. The molecule has 0 amide bonds. The van der Waals surface area contributed by atoms with Gasteiger partial charge in [0.05, 0.1) is 0 Å². The Bertz CT molecular complexity index is 1950. The molecule has 298 valence electrons. The molecule has 0 heterocycles. The normalized spacial score (nSPS) is 16.1. The summed E-state index contributed by atoms with van der Waals surface area (Å²) in [6.07, 6.45) is 11.9. The molecule has 2 aromatic carbocycles. The molecule has 0 radical (unpaired) electrons. The van der Waals surface area contributed by atoms with Gasteiger partial charge in [0.1, 0.15) is 58.6 Å². The number of hydrogen-bond donors (Lipinski definition) is 0. The minimum Gasteiger partial charge on any atom is -0.491 e. The minimum atomic E-state index is -0.742. The fraction of sp³-hybridized carbons (Fsp3) is 0.289. The average Bonchev–Trinajstić information content (AvgIpc) is 3.55. The zero-order chi connectivity index (χ0) is 40.6. The van der Waals surface area contributed by atoms with Crippen LogP contribution in [0.4, 0.5) is 0 Å². The van der Waals surface area contributed by atoms with Gasteiger partial charge in [-0.15, -0.1) is 0 Å². The van der Waals surface area contributed by atoms with E-state index in [0.29, 0.717) is 42.3 Å². The number of benzene rings is 2. The molecule has 0 N–H and O–H groups in total. The molecule has 0 aromatic heterocycles. The third-order valence-corrected chi connectivity index (χ3v) is 9.44. The van der Waals surface area contributed by atoms with Crippen LogP contribution in [0.25, 0.3) is 11.1 Å². The second-order valence-corrected chi connectivity index (χ2v) is 12.7. The van der Waals surface area contributed by atoms with Gasteiger partial charge in [-0.3, -0.25) is 0 Å². The Kier molecular flexibility index (Phi) is 14.9. The Balaban J connectivity index is 1.57. The largest absolute Gasteiger partial charge is 0.491 e. The summed E-state index contributed by atoms with van der Waals surface area (Å²) in [6, 6.07) is 16.6. The lowest BCUT2D eigenvalue weighted by Gasteiger charge is -2.43. The number of esters is 4. The molecule has 0 saturated carbocycles. The first-order valence-corrected chi connectivity index (χ1v) is 18.5. The first-order valence-electron chi connectivity index (χ1n) is 18.5. The zero-order valence-corrected chi connectivity index (χ0v) is 31.7. The van der Waals surface area contributed by atoms with Crippen molar-refractivity contribution >= 4 is 23.9 Å². The number of ether oxygens (including phenoxy) is 8. The molecule has 1 atom stereocenters. The first kappa shape index (κ1) is 41.6. The van der Waals surface area contributed by atoms with E-state index in [0.717, 1.165) is 52.1 Å². The van der Waals surface area contributed by atoms with Crippen molar-refractivity contribution in [3.05, 3.63) is 157 Å². The van der Waals surface area contributed by atoms with Gasteiger partial charge in [-0.05, 0) is 53.3 Å². The summed E-state index contributed by atoms with van der Waals surface area (Å²) in [4.78, 5) is 46.9. The SMILES string of the molecule is C=CC(=O)OCCOC1=CCC(C2(C3=CC(OCCOC(=O)C=C)=C(OCCOC(=O)C=C)CC3)c3ccccc3-c3ccccc32)C=C1OCCOC(=O)C=C. The molecule has 0 saturated heterocycles. The van der Waals surface area contributed by atoms with Crippen LogP contribution in [0, 0.1) is 5.92 Å². The third-order valence-electron chi connectivity index (χ3n) is 9.44. The van der Waals surface area contributed by atoms with Crippen molar-refractivity contribution < 1.29 is 57.1 Å². The summed E-state index contributed by atoms with van der Waals surface area (Å²) in [5, 5.41) is 0. The van der Waals surface area contributed by atoms with Gasteiger partial charge in [0.15, 0.2) is 17.3 Å². The van der Waals surface area contributed by atoms with Gasteiger partial charge in [-0.25, -0.2) is 19.2 Å². The lowest BCUT2D eigenvalue weighted by atomic mass is 9.60. The molecule has 1 unspecified atom stereocenters. The van der Waals surface area contributed by atoms with Crippen molar-refractivity contribution in [1.29, 1.82) is 0 Å². The highest BCUT2D eigenvalue weighted by Crippen LogP contribution is 2.60. The Morgan fingerprint density at radius 2 is 1.04 bits per heavy atom. The van der Waals surface area contributed by atoms with Crippen LogP contribution in [-0.2, 0) is 62.5 Å². The van der Waals surface area contributed by atoms with Crippen LogP contribution in [0.5, 0.6) is 0 Å². The van der Waals surface area contributed by atoms with E-state index in [1.54, 1.807) is 0 Å². The van der Waals surface area contributed by atoms with E-state index in [9.17, 15) is 19.2 Å². The molecule has 12 nitrogen and oxygen atoms in total. The van der Waals surface area contributed by atoms with E-state index < -0.39 is 29.3 Å². The third kappa shape index (κ3) is 10.0. The maximum atomic E-state index is 11.8. The van der Waals surface area contributed by atoms with Crippen molar-refractivity contribution in [1.82, 2.24) is 0 Å². The van der Waals surface area contributed by atoms with E-state index in [4.69, 9.17) is 37.9 Å². The van der Waals surface area contributed by atoms with Crippen LogP contribution in [-0.4, -0.2) is 76.7 Å². The summed E-state index contributed by atoms with van der Waals surface area (Å²) in [6.45, 7) is 13.9. The molecule has 0 aliphatic heterocycles. The summed E-state index contributed by atoms with van der Waals surface area (Å²) >= 11 is 0. The lowest BCUT2D eigenvalue weighted by Crippen LogP contribution is -2.38. The van der Waals surface area contributed by atoms with Gasteiger partial charge in [0.2, 0.25) is 0 Å². The summed E-state index contributed by atoms with van der Waals surface area (Å²) in [5.74, 6) is -0.593. The van der Waals surface area contributed by atoms with Crippen LogP contribution in [0.15, 0.2) is 146 Å². The van der Waals surface area contributed by atoms with Gasteiger partial charge >= 0.3 is 23.9 Å². The number of allylic oxidation sites excluding steroid dienone is 5. The summed E-state index contributed by atoms with van der Waals surface area (Å²) in [5.41, 5.74) is 4.65. The number of carbonyl (C=O) groups is 4. The van der Waals surface area contributed by atoms with Crippen molar-refractivity contribution in [3.63, 3.8) is 0 Å². The predicted octanol–water partition coefficient (Wildman–Crippen LogP) is 6.66. The van der Waals surface area contributed by atoms with E-state index in [2.05, 4.69) is 50.6 Å². The first-order chi connectivity index (χ1) is 27.8. The van der Waals surface area contributed by atoms with Crippen LogP contribution in [0.3, 0.4) is 0 Å². The molecule has 0 bridgehead atoms. The molecule has 2 aromatic rings. The van der Waals surface area contributed by atoms with Gasteiger partial charge in [0, 0.05) is 42.1 Å². The Morgan fingerprint density at radius 3 is 1.54 bits per heavy atom. The van der Waals surface area contributed by atoms with E-state index >= 15 is 0 Å². The maximum absolute atomic E-state index is 11.8. The quantitative estimate of drug-likeness (QED) is 0.0547. The second-order valence-electron chi connectivity index (χ2n) is 12.7. The van der Waals surface area contributed by atoms with Gasteiger partial charge in [0.25, 0.3) is 0 Å². The second kappa shape index (κ2) is 20.4. The highest BCUT2D eigenvalue weighted by Gasteiger charge is 2.51. The van der Waals surface area contributed by atoms with Crippen molar-refractivity contribution in [2.45, 2.75) is 24.7 Å². The highest BCUT2D eigenvalue weighted by molar-refractivity contribution is 5.84. The van der Waals surface area contributed by atoms with Gasteiger partial charge in [-0.2, -0.15) is 0 Å². The molecule has 12 heteroatoms. The number of carbonyl (C=O) groups excluding carboxylic acids is 4. The number of rotatable bonds is 22. The average molecular weight is 779 g/mol. The number of fused-ring (bicyclic) bond motifs is 3. The van der Waals surface area contributed by atoms with Gasteiger partial charge < -0.3 is 37.9 Å². The number of hydrogen-bond acceptors (Lipinski definition) is 12. The van der Waals surface area contributed by atoms with E-state index in [1.807, 2.05) is 42.5 Å². The van der Waals surface area contributed by atoms with Crippen LogP contribution in [0.2, 0.25) is 0 Å². The fourth-order valence-corrected chi connectivity index (χ4v) is 7.15. The molecule has 57 heavy (non-hydrogen) atoms. The highest BCUT2D eigenvalue weighted by atomic mass is 16.6. The Labute approximate surface area is 332 Å². The topological polar surface area (TPSA) is 142 Å². The fourth-order valence-electron chi connectivity index (χ4n) is 7.15. The molecule has 5 rings (SSSR count). The summed E-state index contributed by atoms with van der Waals surface area (Å²) in [7, 11) is 0. The molecular weight excluding hydrogens is 732 g/mol. The minimum absolute atomic E-state index is 0.00355. The molecule has 0 fully saturated rings. The van der Waals surface area contributed by atoms with Crippen molar-refractivity contribution in [3.8, 4) is 11.1 Å². The maximum Gasteiger partial charge on any atom is 0.330 e. The van der Waals surface area contributed by atoms with Crippen LogP contribution < -0.4 is 0 Å². The van der Waals surface area contributed by atoms with Crippen molar-refractivity contribution in [2.75, 3.05) is 52.9 Å². The Morgan fingerprint density at radius 1 is 0.579 bits per heavy atom. The van der Waals surface area contributed by atoms with Crippen LogP contribution in [0.1, 0.15) is 30.4 Å². The van der Waals surface area contributed by atoms with Crippen LogP contribution >= 0.6 is 0 Å². The standard InChI is InChI=1S/C45H46O12/c1-5-41(46)54-25-21-50-37-19-17-31(29-39(37)52-23-27-56-43(48)7-3)45(35-15-11-9-13-33(35)34-14-10-12-16-36(34)45)32-18-20-38(51-22-26-55-42(47)6-2)40(30-32)53-24-28-57-44(49)8-4/h5-16,19,29-31H,1-4,17-18,20-28H2. The van der Waals surface area contributed by atoms with E-state index in [-0.39, 0.29) is 58.8 Å². The smallest absolute Gasteiger partial charge is 0.330 e. The molecular formula is C45H46O12. The molecule has 0 spiro atoms.